The first kappa shape index (κ1) is 6.96. The van der Waals surface area contributed by atoms with Gasteiger partial charge in [0.15, 0.2) is 0 Å². The summed E-state index contributed by atoms with van der Waals surface area (Å²) in [5.74, 6) is 0. The van der Waals surface area contributed by atoms with Gasteiger partial charge in [0.25, 0.3) is 0 Å². The molecule has 0 amide bonds. The molecule has 2 nitrogen and oxygen atoms in total. The van der Waals surface area contributed by atoms with Crippen molar-refractivity contribution in [1.29, 1.82) is 0 Å². The fraction of sp³-hybridized carbons (Fsp3) is 1.00. The van der Waals surface area contributed by atoms with Crippen LogP contribution in [-0.2, 0) is 0 Å². The van der Waals surface area contributed by atoms with Crippen LogP contribution in [0.2, 0.25) is 0 Å². The van der Waals surface area contributed by atoms with Crippen molar-refractivity contribution in [3.63, 3.8) is 0 Å². The molecule has 1 saturated heterocycles. The van der Waals surface area contributed by atoms with Gasteiger partial charge in [-0.3, -0.25) is 4.90 Å². The molecule has 0 N–H and O–H groups in total. The molecule has 0 aromatic carbocycles. The molecule has 1 rings (SSSR count). The van der Waals surface area contributed by atoms with E-state index in [0.29, 0.717) is 6.54 Å². The highest BCUT2D eigenvalue weighted by Crippen LogP contribution is 2.17. The molecule has 9 heavy (non-hydrogen) atoms. The highest BCUT2D eigenvalue weighted by molar-refractivity contribution is 4.69. The predicted molar refractivity (Wildman–Crippen MR) is 34.5 cm³/mol. The lowest BCUT2D eigenvalue weighted by molar-refractivity contribution is -0.0444. The summed E-state index contributed by atoms with van der Waals surface area (Å²) in [7, 11) is 3.81. The Balaban J connectivity index is 2.40. The van der Waals surface area contributed by atoms with E-state index in [4.69, 9.17) is 0 Å². The average molecular weight is 132 g/mol. The van der Waals surface area contributed by atoms with E-state index in [-0.39, 0.29) is 6.17 Å². The zero-order valence-corrected chi connectivity index (χ0v) is 5.97. The van der Waals surface area contributed by atoms with Crippen molar-refractivity contribution in [2.45, 2.75) is 19.0 Å². The Morgan fingerprint density at radius 1 is 1.56 bits per heavy atom. The van der Waals surface area contributed by atoms with E-state index >= 15 is 0 Å². The highest BCUT2D eigenvalue weighted by Gasteiger charge is 2.25. The first-order valence-corrected chi connectivity index (χ1v) is 3.30. The van der Waals surface area contributed by atoms with Crippen molar-refractivity contribution >= 4 is 0 Å². The van der Waals surface area contributed by atoms with Crippen LogP contribution in [0.4, 0.5) is 4.48 Å². The Morgan fingerprint density at radius 2 is 2.22 bits per heavy atom. The second-order valence-corrected chi connectivity index (χ2v) is 2.71. The summed E-state index contributed by atoms with van der Waals surface area (Å²) >= 11 is 0. The molecule has 0 spiro atoms. The van der Waals surface area contributed by atoms with Crippen LogP contribution in [0.1, 0.15) is 12.8 Å². The van der Waals surface area contributed by atoms with Crippen molar-refractivity contribution in [2.24, 2.45) is 0 Å². The van der Waals surface area contributed by atoms with Gasteiger partial charge in [-0.2, -0.15) is 0 Å². The van der Waals surface area contributed by atoms with Crippen LogP contribution < -0.4 is 0 Å². The summed E-state index contributed by atoms with van der Waals surface area (Å²) in [5.41, 5.74) is 0. The van der Waals surface area contributed by atoms with E-state index in [1.54, 1.807) is 0 Å². The molecule has 1 aliphatic heterocycles. The number of nitrogens with zero attached hydrogens (tertiary/aromatic N) is 2. The first-order chi connectivity index (χ1) is 4.22. The number of rotatable bonds is 1. The van der Waals surface area contributed by atoms with Crippen LogP contribution in [0.25, 0.3) is 0 Å². The quantitative estimate of drug-likeness (QED) is 0.488. The molecular weight excluding hydrogens is 119 g/mol. The van der Waals surface area contributed by atoms with Gasteiger partial charge < -0.3 is 0 Å². The molecule has 0 aromatic heterocycles. The minimum Gasteiger partial charge on any atom is -0.292 e. The summed E-state index contributed by atoms with van der Waals surface area (Å²) in [6, 6.07) is 0. The van der Waals surface area contributed by atoms with Crippen LogP contribution in [0.5, 0.6) is 0 Å². The lowest BCUT2D eigenvalue weighted by Gasteiger charge is -2.21. The molecule has 0 aliphatic carbocycles. The van der Waals surface area contributed by atoms with Gasteiger partial charge in [-0.05, 0) is 26.9 Å². The summed E-state index contributed by atoms with van der Waals surface area (Å²) < 4.78 is 12.6. The maximum Gasteiger partial charge on any atom is 0.0913 e. The van der Waals surface area contributed by atoms with E-state index in [9.17, 15) is 4.48 Å². The molecule has 0 aromatic rings. The Morgan fingerprint density at radius 3 is 2.44 bits per heavy atom. The topological polar surface area (TPSA) is 6.48 Å². The van der Waals surface area contributed by atoms with Gasteiger partial charge in [0.1, 0.15) is 0 Å². The van der Waals surface area contributed by atoms with Crippen molar-refractivity contribution in [3.05, 3.63) is 0 Å². The second kappa shape index (κ2) is 2.62. The Bertz CT molecular complexity index is 95.1. The monoisotopic (exact) mass is 132 g/mol. The third-order valence-electron chi connectivity index (χ3n) is 1.75. The fourth-order valence-corrected chi connectivity index (χ4v) is 1.22. The van der Waals surface area contributed by atoms with Crippen molar-refractivity contribution in [3.8, 4) is 0 Å². The van der Waals surface area contributed by atoms with Gasteiger partial charge in [-0.25, -0.2) is 0 Å². The fourth-order valence-electron chi connectivity index (χ4n) is 1.22. The van der Waals surface area contributed by atoms with E-state index in [1.165, 1.54) is 0 Å². The maximum absolute atomic E-state index is 12.6. The van der Waals surface area contributed by atoms with E-state index in [2.05, 4.69) is 0 Å². The van der Waals surface area contributed by atoms with Crippen LogP contribution in [-0.4, -0.2) is 36.8 Å². The van der Waals surface area contributed by atoms with Crippen molar-refractivity contribution in [2.75, 3.05) is 20.6 Å². The van der Waals surface area contributed by atoms with Crippen LogP contribution in [0.3, 0.4) is 0 Å². The van der Waals surface area contributed by atoms with Gasteiger partial charge in [-0.15, -0.1) is 9.60 Å². The standard InChI is InChI=1S/C6H13FN2/c1-8(2)6-4-3-5-9(6)7/h6H,3-5H2,1-2H3. The molecule has 0 radical (unpaired) electrons. The predicted octanol–water partition coefficient (Wildman–Crippen LogP) is 0.854. The second-order valence-electron chi connectivity index (χ2n) is 2.71. The number of halogens is 1. The Hall–Kier alpha value is -0.150. The molecular formula is C6H13FN2. The van der Waals surface area contributed by atoms with Gasteiger partial charge in [0.05, 0.1) is 6.17 Å². The van der Waals surface area contributed by atoms with Crippen molar-refractivity contribution < 1.29 is 4.48 Å². The molecule has 0 saturated carbocycles. The summed E-state index contributed by atoms with van der Waals surface area (Å²) in [5, 5.41) is 0.903. The Kier molecular flexibility index (Phi) is 2.03. The van der Waals surface area contributed by atoms with E-state index in [0.717, 1.165) is 18.0 Å². The molecule has 0 bridgehead atoms. The van der Waals surface area contributed by atoms with Gasteiger partial charge in [-0.1, -0.05) is 0 Å². The molecule has 1 fully saturated rings. The third-order valence-corrected chi connectivity index (χ3v) is 1.75. The van der Waals surface area contributed by atoms with Gasteiger partial charge in [0, 0.05) is 6.54 Å². The largest absolute Gasteiger partial charge is 0.292 e. The molecule has 1 aliphatic rings. The molecule has 54 valence electrons. The highest BCUT2D eigenvalue weighted by atomic mass is 19.2. The zero-order chi connectivity index (χ0) is 6.85. The first-order valence-electron chi connectivity index (χ1n) is 3.30. The summed E-state index contributed by atoms with van der Waals surface area (Å²) in [4.78, 5) is 1.91. The smallest absolute Gasteiger partial charge is 0.0913 e. The molecule has 1 unspecified atom stereocenters. The SMILES string of the molecule is CN(C)C1CCCN1F. The van der Waals surface area contributed by atoms with Gasteiger partial charge in [0.2, 0.25) is 0 Å². The number of hydrogen-bond donors (Lipinski definition) is 0. The normalized spacial score (nSPS) is 30.0. The molecule has 3 heteroatoms. The average Bonchev–Trinajstić information content (AvgIpc) is 2.13. The maximum atomic E-state index is 12.6. The lowest BCUT2D eigenvalue weighted by Crippen LogP contribution is -2.35. The van der Waals surface area contributed by atoms with Crippen LogP contribution in [0, 0.1) is 0 Å². The lowest BCUT2D eigenvalue weighted by atomic mass is 10.3. The summed E-state index contributed by atoms with van der Waals surface area (Å²) in [6.07, 6.45) is 1.98. The Labute approximate surface area is 55.2 Å². The molecule has 1 atom stereocenters. The van der Waals surface area contributed by atoms with Crippen LogP contribution >= 0.6 is 0 Å². The minimum absolute atomic E-state index is 0.0324. The van der Waals surface area contributed by atoms with Gasteiger partial charge >= 0.3 is 0 Å². The summed E-state index contributed by atoms with van der Waals surface area (Å²) in [6.45, 7) is 0.600. The molecule has 1 heterocycles. The zero-order valence-electron chi connectivity index (χ0n) is 5.97. The van der Waals surface area contributed by atoms with E-state index in [1.807, 2.05) is 19.0 Å². The third kappa shape index (κ3) is 1.40. The van der Waals surface area contributed by atoms with Crippen molar-refractivity contribution in [1.82, 2.24) is 10.0 Å². The number of hydrogen-bond acceptors (Lipinski definition) is 2. The minimum atomic E-state index is 0.0324. The van der Waals surface area contributed by atoms with E-state index < -0.39 is 0 Å². The van der Waals surface area contributed by atoms with Crippen LogP contribution in [0.15, 0.2) is 0 Å².